The first-order valence-corrected chi connectivity index (χ1v) is 6.88. The zero-order valence-corrected chi connectivity index (χ0v) is 12.0. The highest BCUT2D eigenvalue weighted by Gasteiger charge is 2.18. The van der Waals surface area contributed by atoms with Crippen LogP contribution in [0, 0.1) is 0 Å². The minimum atomic E-state index is -0.200. The van der Waals surface area contributed by atoms with Gasteiger partial charge in [0.05, 0.1) is 11.8 Å². The van der Waals surface area contributed by atoms with Gasteiger partial charge < -0.3 is 15.7 Å². The molecule has 0 fully saturated rings. The smallest absolute Gasteiger partial charge is 0.258 e. The van der Waals surface area contributed by atoms with E-state index < -0.39 is 0 Å². The van der Waals surface area contributed by atoms with Gasteiger partial charge in [-0.15, -0.1) is 0 Å². The Labute approximate surface area is 124 Å². The lowest BCUT2D eigenvalue weighted by molar-refractivity contribution is 0.0740. The molecule has 0 radical (unpaired) electrons. The van der Waals surface area contributed by atoms with Crippen LogP contribution in [0.1, 0.15) is 29.3 Å². The highest BCUT2D eigenvalue weighted by atomic mass is 16.3. The molecule has 0 saturated carbocycles. The van der Waals surface area contributed by atoms with Gasteiger partial charge in [0.2, 0.25) is 0 Å². The lowest BCUT2D eigenvalue weighted by Gasteiger charge is -2.22. The van der Waals surface area contributed by atoms with Crippen molar-refractivity contribution in [1.82, 2.24) is 9.88 Å². The zero-order chi connectivity index (χ0) is 15.2. The largest absolute Gasteiger partial charge is 0.505 e. The first kappa shape index (κ1) is 14.8. The number of hydrogen-bond donors (Lipinski definition) is 2. The average Bonchev–Trinajstić information content (AvgIpc) is 2.49. The molecule has 0 aliphatic rings. The number of anilines is 1. The fraction of sp³-hybridized carbons (Fsp3) is 0.250. The highest BCUT2D eigenvalue weighted by Crippen LogP contribution is 2.18. The molecule has 0 spiro atoms. The third kappa shape index (κ3) is 3.72. The number of nitrogens with two attached hydrogens (primary N) is 1. The number of hydrogen-bond acceptors (Lipinski definition) is 4. The molecule has 0 atom stereocenters. The van der Waals surface area contributed by atoms with Gasteiger partial charge in [0, 0.05) is 25.0 Å². The molecule has 1 aromatic carbocycles. The van der Waals surface area contributed by atoms with Crippen LogP contribution in [0.4, 0.5) is 5.69 Å². The molecule has 2 aromatic rings. The van der Waals surface area contributed by atoms with Crippen LogP contribution in [0.15, 0.2) is 42.7 Å². The van der Waals surface area contributed by atoms with Crippen molar-refractivity contribution in [1.29, 1.82) is 0 Å². The van der Waals surface area contributed by atoms with Gasteiger partial charge in [-0.2, -0.15) is 0 Å². The molecular formula is C16H19N3O2. The van der Waals surface area contributed by atoms with Crippen LogP contribution in [-0.2, 0) is 6.54 Å². The molecule has 1 amide bonds. The van der Waals surface area contributed by atoms with E-state index in [1.807, 2.05) is 31.2 Å². The van der Waals surface area contributed by atoms with Gasteiger partial charge >= 0.3 is 0 Å². The Morgan fingerprint density at radius 1 is 1.29 bits per heavy atom. The Balaban J connectivity index is 2.20. The maximum Gasteiger partial charge on any atom is 0.258 e. The normalized spacial score (nSPS) is 10.3. The Morgan fingerprint density at radius 3 is 2.62 bits per heavy atom. The van der Waals surface area contributed by atoms with Crippen LogP contribution >= 0.6 is 0 Å². The van der Waals surface area contributed by atoms with Crippen LogP contribution in [-0.4, -0.2) is 27.4 Å². The minimum absolute atomic E-state index is 0.0964. The Kier molecular flexibility index (Phi) is 4.77. The maximum absolute atomic E-state index is 12.5. The highest BCUT2D eigenvalue weighted by molar-refractivity contribution is 5.96. The average molecular weight is 285 g/mol. The fourth-order valence-electron chi connectivity index (χ4n) is 2.10. The van der Waals surface area contributed by atoms with Crippen molar-refractivity contribution >= 4 is 11.6 Å². The molecule has 2 rings (SSSR count). The molecule has 5 heteroatoms. The fourth-order valence-corrected chi connectivity index (χ4v) is 2.10. The number of benzene rings is 1. The van der Waals surface area contributed by atoms with E-state index in [-0.39, 0.29) is 17.2 Å². The molecule has 0 aliphatic heterocycles. The second-order valence-corrected chi connectivity index (χ2v) is 4.86. The molecule has 110 valence electrons. The van der Waals surface area contributed by atoms with E-state index in [4.69, 9.17) is 5.73 Å². The molecule has 21 heavy (non-hydrogen) atoms. The molecule has 5 nitrogen and oxygen atoms in total. The summed E-state index contributed by atoms with van der Waals surface area (Å²) in [6.07, 6.45) is 3.62. The summed E-state index contributed by atoms with van der Waals surface area (Å²) in [5.74, 6) is -0.297. The topological polar surface area (TPSA) is 79.5 Å². The number of nitrogens with zero attached hydrogens (tertiary/aromatic N) is 2. The van der Waals surface area contributed by atoms with Gasteiger partial charge in [0.1, 0.15) is 5.75 Å². The van der Waals surface area contributed by atoms with Crippen molar-refractivity contribution in [3.8, 4) is 5.75 Å². The number of carbonyl (C=O) groups excluding carboxylic acids is 1. The van der Waals surface area contributed by atoms with Gasteiger partial charge in [0.15, 0.2) is 0 Å². The number of pyridine rings is 1. The lowest BCUT2D eigenvalue weighted by Crippen LogP contribution is -2.31. The van der Waals surface area contributed by atoms with E-state index in [9.17, 15) is 9.90 Å². The molecule has 0 saturated heterocycles. The van der Waals surface area contributed by atoms with E-state index >= 15 is 0 Å². The van der Waals surface area contributed by atoms with Gasteiger partial charge in [-0.1, -0.05) is 19.1 Å². The predicted molar refractivity (Wildman–Crippen MR) is 81.8 cm³/mol. The molecule has 0 unspecified atom stereocenters. The summed E-state index contributed by atoms with van der Waals surface area (Å²) >= 11 is 0. The summed E-state index contributed by atoms with van der Waals surface area (Å²) in [5, 5.41) is 9.77. The second kappa shape index (κ2) is 6.74. The predicted octanol–water partition coefficient (Wildman–Crippen LogP) is 2.42. The molecule has 1 aromatic heterocycles. The number of carbonyl (C=O) groups is 1. The molecular weight excluding hydrogens is 266 g/mol. The molecule has 0 aliphatic carbocycles. The van der Waals surface area contributed by atoms with Crippen LogP contribution in [0.25, 0.3) is 0 Å². The van der Waals surface area contributed by atoms with Gasteiger partial charge in [-0.25, -0.2) is 0 Å². The number of aromatic hydroxyl groups is 1. The maximum atomic E-state index is 12.5. The van der Waals surface area contributed by atoms with E-state index in [0.29, 0.717) is 18.8 Å². The number of rotatable bonds is 5. The van der Waals surface area contributed by atoms with Gasteiger partial charge in [0.25, 0.3) is 5.91 Å². The van der Waals surface area contributed by atoms with Crippen molar-refractivity contribution in [2.75, 3.05) is 12.3 Å². The van der Waals surface area contributed by atoms with Crippen molar-refractivity contribution in [3.63, 3.8) is 0 Å². The van der Waals surface area contributed by atoms with E-state index in [1.54, 1.807) is 4.90 Å². The van der Waals surface area contributed by atoms with Crippen molar-refractivity contribution in [3.05, 3.63) is 53.9 Å². The monoisotopic (exact) mass is 285 g/mol. The van der Waals surface area contributed by atoms with Crippen LogP contribution in [0.3, 0.4) is 0 Å². The lowest BCUT2D eigenvalue weighted by atomic mass is 10.1. The first-order chi connectivity index (χ1) is 10.1. The standard InChI is InChI=1S/C16H19N3O2/c1-2-9-19(11-12-3-5-13(17)6-4-12)16(21)14-7-8-18-10-15(14)20/h3-8,10,20H,2,9,11,17H2,1H3. The molecule has 3 N–H and O–H groups in total. The van der Waals surface area contributed by atoms with E-state index in [1.165, 1.54) is 18.5 Å². The molecule has 0 bridgehead atoms. The Hall–Kier alpha value is -2.56. The summed E-state index contributed by atoms with van der Waals surface area (Å²) in [4.78, 5) is 18.0. The summed E-state index contributed by atoms with van der Waals surface area (Å²) in [6.45, 7) is 3.11. The van der Waals surface area contributed by atoms with Crippen molar-refractivity contribution in [2.24, 2.45) is 0 Å². The van der Waals surface area contributed by atoms with Crippen LogP contribution in [0.2, 0.25) is 0 Å². The van der Waals surface area contributed by atoms with Crippen LogP contribution in [0.5, 0.6) is 5.75 Å². The summed E-state index contributed by atoms with van der Waals surface area (Å²) < 4.78 is 0. The third-order valence-corrected chi connectivity index (χ3v) is 3.16. The SMILES string of the molecule is CCCN(Cc1ccc(N)cc1)C(=O)c1ccncc1O. The summed E-state index contributed by atoms with van der Waals surface area (Å²) in [6, 6.07) is 8.96. The van der Waals surface area contributed by atoms with E-state index in [0.717, 1.165) is 12.0 Å². The van der Waals surface area contributed by atoms with Crippen molar-refractivity contribution in [2.45, 2.75) is 19.9 Å². The second-order valence-electron chi connectivity index (χ2n) is 4.86. The van der Waals surface area contributed by atoms with Gasteiger partial charge in [-0.05, 0) is 30.2 Å². The summed E-state index contributed by atoms with van der Waals surface area (Å²) in [7, 11) is 0. The summed E-state index contributed by atoms with van der Waals surface area (Å²) in [5.41, 5.74) is 7.63. The number of amides is 1. The molecule has 1 heterocycles. The third-order valence-electron chi connectivity index (χ3n) is 3.16. The first-order valence-electron chi connectivity index (χ1n) is 6.88. The van der Waals surface area contributed by atoms with Gasteiger partial charge in [-0.3, -0.25) is 9.78 Å². The number of aromatic nitrogens is 1. The zero-order valence-electron chi connectivity index (χ0n) is 12.0. The Morgan fingerprint density at radius 2 is 2.00 bits per heavy atom. The van der Waals surface area contributed by atoms with Crippen molar-refractivity contribution < 1.29 is 9.90 Å². The van der Waals surface area contributed by atoms with E-state index in [2.05, 4.69) is 4.98 Å². The number of nitrogen functional groups attached to an aromatic ring is 1. The van der Waals surface area contributed by atoms with Crippen LogP contribution < -0.4 is 5.73 Å². The quantitative estimate of drug-likeness (QED) is 0.827. The Bertz CT molecular complexity index is 611. The minimum Gasteiger partial charge on any atom is -0.505 e.